The van der Waals surface area contributed by atoms with Crippen LogP contribution in [0.4, 0.5) is 5.69 Å². The maximum atomic E-state index is 13.3. The fourth-order valence-corrected chi connectivity index (χ4v) is 3.65. The summed E-state index contributed by atoms with van der Waals surface area (Å²) in [5.41, 5.74) is 5.74. The second-order valence-electron chi connectivity index (χ2n) is 6.72. The zero-order valence-electron chi connectivity index (χ0n) is 15.2. The van der Waals surface area contributed by atoms with E-state index in [0.29, 0.717) is 12.1 Å². The van der Waals surface area contributed by atoms with Crippen molar-refractivity contribution in [3.05, 3.63) is 82.7 Å². The SMILES string of the molecule is Cc1nn(C)c(C)c1[C@@H]1Nc2ccccc2C(=O)N1Cc1ccccc1. The average Bonchev–Trinajstić information content (AvgIpc) is 2.90. The van der Waals surface area contributed by atoms with Crippen molar-refractivity contribution in [2.45, 2.75) is 26.6 Å². The number of anilines is 1. The molecule has 3 aromatic rings. The number of hydrogen-bond acceptors (Lipinski definition) is 3. The molecule has 0 unspecified atom stereocenters. The Hall–Kier alpha value is -3.08. The summed E-state index contributed by atoms with van der Waals surface area (Å²) in [6.45, 7) is 4.58. The van der Waals surface area contributed by atoms with Gasteiger partial charge in [0, 0.05) is 30.5 Å². The van der Waals surface area contributed by atoms with Gasteiger partial charge >= 0.3 is 0 Å². The van der Waals surface area contributed by atoms with E-state index in [1.807, 2.05) is 85.1 Å². The quantitative estimate of drug-likeness (QED) is 0.785. The summed E-state index contributed by atoms with van der Waals surface area (Å²) in [6.07, 6.45) is -0.244. The maximum Gasteiger partial charge on any atom is 0.258 e. The number of hydrogen-bond donors (Lipinski definition) is 1. The van der Waals surface area contributed by atoms with Crippen molar-refractivity contribution in [3.63, 3.8) is 0 Å². The lowest BCUT2D eigenvalue weighted by Crippen LogP contribution is -2.42. The minimum atomic E-state index is -0.244. The largest absolute Gasteiger partial charge is 0.361 e. The molecule has 0 fully saturated rings. The van der Waals surface area contributed by atoms with Crippen LogP contribution in [-0.4, -0.2) is 20.6 Å². The topological polar surface area (TPSA) is 50.2 Å². The van der Waals surface area contributed by atoms with E-state index in [2.05, 4.69) is 10.4 Å². The molecule has 5 nitrogen and oxygen atoms in total. The van der Waals surface area contributed by atoms with Crippen LogP contribution >= 0.6 is 0 Å². The molecule has 2 aromatic carbocycles. The van der Waals surface area contributed by atoms with Crippen molar-refractivity contribution in [2.24, 2.45) is 7.05 Å². The molecule has 0 spiro atoms. The van der Waals surface area contributed by atoms with E-state index in [9.17, 15) is 4.79 Å². The summed E-state index contributed by atoms with van der Waals surface area (Å²) >= 11 is 0. The van der Waals surface area contributed by atoms with Gasteiger partial charge in [0.15, 0.2) is 0 Å². The third-order valence-corrected chi connectivity index (χ3v) is 5.06. The summed E-state index contributed by atoms with van der Waals surface area (Å²) in [5, 5.41) is 8.11. The Morgan fingerprint density at radius 2 is 1.73 bits per heavy atom. The van der Waals surface area contributed by atoms with E-state index in [-0.39, 0.29) is 12.1 Å². The van der Waals surface area contributed by atoms with Crippen LogP contribution in [0.2, 0.25) is 0 Å². The first-order valence-corrected chi connectivity index (χ1v) is 8.77. The molecule has 1 aromatic heterocycles. The second kappa shape index (κ2) is 6.33. The molecule has 1 aliphatic heterocycles. The van der Waals surface area contributed by atoms with E-state index < -0.39 is 0 Å². The van der Waals surface area contributed by atoms with Crippen LogP contribution in [0, 0.1) is 13.8 Å². The third-order valence-electron chi connectivity index (χ3n) is 5.06. The third kappa shape index (κ3) is 2.65. The van der Waals surface area contributed by atoms with Crippen LogP contribution in [0.1, 0.15) is 39.0 Å². The normalized spacial score (nSPS) is 16.3. The number of aromatic nitrogens is 2. The fourth-order valence-electron chi connectivity index (χ4n) is 3.65. The number of para-hydroxylation sites is 1. The van der Waals surface area contributed by atoms with E-state index in [1.54, 1.807) is 0 Å². The predicted molar refractivity (Wildman–Crippen MR) is 102 cm³/mol. The maximum absolute atomic E-state index is 13.3. The molecular weight excluding hydrogens is 324 g/mol. The number of carbonyl (C=O) groups excluding carboxylic acids is 1. The lowest BCUT2D eigenvalue weighted by molar-refractivity contribution is 0.0665. The average molecular weight is 346 g/mol. The van der Waals surface area contributed by atoms with Crippen molar-refractivity contribution in [3.8, 4) is 0 Å². The van der Waals surface area contributed by atoms with Crippen molar-refractivity contribution >= 4 is 11.6 Å². The highest BCUT2D eigenvalue weighted by Gasteiger charge is 2.35. The number of aryl methyl sites for hydroxylation is 2. The van der Waals surface area contributed by atoms with Crippen molar-refractivity contribution < 1.29 is 4.79 Å². The van der Waals surface area contributed by atoms with E-state index in [1.165, 1.54) is 0 Å². The number of nitrogens with zero attached hydrogens (tertiary/aromatic N) is 3. The molecule has 0 radical (unpaired) electrons. The van der Waals surface area contributed by atoms with Crippen LogP contribution in [0.3, 0.4) is 0 Å². The van der Waals surface area contributed by atoms with Gasteiger partial charge in [-0.3, -0.25) is 9.48 Å². The zero-order chi connectivity index (χ0) is 18.3. The highest BCUT2D eigenvalue weighted by molar-refractivity contribution is 6.01. The number of benzene rings is 2. The molecule has 26 heavy (non-hydrogen) atoms. The fraction of sp³-hybridized carbons (Fsp3) is 0.238. The second-order valence-corrected chi connectivity index (χ2v) is 6.72. The predicted octanol–water partition coefficient (Wildman–Crippen LogP) is 3.80. The van der Waals surface area contributed by atoms with Crippen LogP contribution in [-0.2, 0) is 13.6 Å². The number of fused-ring (bicyclic) bond motifs is 1. The van der Waals surface area contributed by atoms with Gasteiger partial charge in [-0.05, 0) is 31.5 Å². The first kappa shape index (κ1) is 16.4. The number of nitrogens with one attached hydrogen (secondary N) is 1. The minimum absolute atomic E-state index is 0.0378. The number of rotatable bonds is 3. The molecule has 1 N–H and O–H groups in total. The van der Waals surface area contributed by atoms with E-state index in [0.717, 1.165) is 28.2 Å². The number of carbonyl (C=O) groups is 1. The van der Waals surface area contributed by atoms with Crippen LogP contribution in [0.5, 0.6) is 0 Å². The monoisotopic (exact) mass is 346 g/mol. The molecule has 1 amide bonds. The molecule has 132 valence electrons. The molecule has 4 rings (SSSR count). The summed E-state index contributed by atoms with van der Waals surface area (Å²) < 4.78 is 1.87. The van der Waals surface area contributed by atoms with Gasteiger partial charge in [-0.25, -0.2) is 0 Å². The molecular formula is C21H22N4O. The molecule has 0 aliphatic carbocycles. The molecule has 0 saturated heterocycles. The van der Waals surface area contributed by atoms with Gasteiger partial charge in [-0.2, -0.15) is 5.10 Å². The van der Waals surface area contributed by atoms with Crippen LogP contribution < -0.4 is 5.32 Å². The van der Waals surface area contributed by atoms with Crippen molar-refractivity contribution in [1.82, 2.24) is 14.7 Å². The van der Waals surface area contributed by atoms with Gasteiger partial charge in [-0.1, -0.05) is 42.5 Å². The van der Waals surface area contributed by atoms with Gasteiger partial charge in [0.1, 0.15) is 6.17 Å². The first-order valence-electron chi connectivity index (χ1n) is 8.77. The van der Waals surface area contributed by atoms with Gasteiger partial charge in [0.05, 0.1) is 11.3 Å². The molecule has 1 aliphatic rings. The number of amides is 1. The molecule has 0 saturated carbocycles. The summed E-state index contributed by atoms with van der Waals surface area (Å²) in [5.74, 6) is 0.0378. The van der Waals surface area contributed by atoms with Gasteiger partial charge in [-0.15, -0.1) is 0 Å². The summed E-state index contributed by atoms with van der Waals surface area (Å²) in [4.78, 5) is 15.2. The van der Waals surface area contributed by atoms with Crippen LogP contribution in [0.25, 0.3) is 0 Å². The lowest BCUT2D eigenvalue weighted by Gasteiger charge is -2.38. The van der Waals surface area contributed by atoms with E-state index >= 15 is 0 Å². The molecule has 1 atom stereocenters. The summed E-state index contributed by atoms with van der Waals surface area (Å²) in [6, 6.07) is 17.8. The Morgan fingerprint density at radius 1 is 1.04 bits per heavy atom. The molecule has 2 heterocycles. The van der Waals surface area contributed by atoms with Gasteiger partial charge in [0.2, 0.25) is 0 Å². The highest BCUT2D eigenvalue weighted by atomic mass is 16.2. The lowest BCUT2D eigenvalue weighted by atomic mass is 10.0. The Kier molecular flexibility index (Phi) is 3.99. The Morgan fingerprint density at radius 3 is 2.42 bits per heavy atom. The smallest absolute Gasteiger partial charge is 0.258 e. The van der Waals surface area contributed by atoms with E-state index in [4.69, 9.17) is 0 Å². The zero-order valence-corrected chi connectivity index (χ0v) is 15.2. The van der Waals surface area contributed by atoms with Crippen molar-refractivity contribution in [2.75, 3.05) is 5.32 Å². The Labute approximate surface area is 153 Å². The van der Waals surface area contributed by atoms with Gasteiger partial charge < -0.3 is 10.2 Å². The molecule has 5 heteroatoms. The first-order chi connectivity index (χ1) is 12.6. The van der Waals surface area contributed by atoms with Gasteiger partial charge in [0.25, 0.3) is 5.91 Å². The van der Waals surface area contributed by atoms with Crippen molar-refractivity contribution in [1.29, 1.82) is 0 Å². The van der Waals surface area contributed by atoms with Crippen LogP contribution in [0.15, 0.2) is 54.6 Å². The summed E-state index contributed by atoms with van der Waals surface area (Å²) in [7, 11) is 1.94. The molecule has 0 bridgehead atoms. The minimum Gasteiger partial charge on any atom is -0.361 e. The Bertz CT molecular complexity index is 961. The highest BCUT2D eigenvalue weighted by Crippen LogP contribution is 2.36. The Balaban J connectivity index is 1.82. The standard InChI is InChI=1S/C21H22N4O/c1-14-19(15(2)24(3)23-14)20-22-18-12-8-7-11-17(18)21(26)25(20)13-16-9-5-4-6-10-16/h4-12,20,22H,13H2,1-3H3/t20-/m1/s1.